The van der Waals surface area contributed by atoms with Crippen molar-refractivity contribution in [3.8, 4) is 11.3 Å². The molecule has 0 saturated heterocycles. The summed E-state index contributed by atoms with van der Waals surface area (Å²) in [5.74, 6) is 0.772. The van der Waals surface area contributed by atoms with Crippen molar-refractivity contribution < 1.29 is 0 Å². The van der Waals surface area contributed by atoms with Gasteiger partial charge in [0.05, 0.1) is 10.2 Å². The van der Waals surface area contributed by atoms with E-state index >= 15 is 0 Å². The van der Waals surface area contributed by atoms with Crippen molar-refractivity contribution in [2.24, 2.45) is 5.92 Å². The van der Waals surface area contributed by atoms with Crippen molar-refractivity contribution in [3.05, 3.63) is 46.9 Å². The predicted molar refractivity (Wildman–Crippen MR) is 86.4 cm³/mol. The van der Waals surface area contributed by atoms with Crippen molar-refractivity contribution in [1.82, 2.24) is 9.78 Å². The fourth-order valence-corrected chi connectivity index (χ4v) is 3.42. The number of rotatable bonds is 3. The van der Waals surface area contributed by atoms with Crippen LogP contribution < -0.4 is 0 Å². The summed E-state index contributed by atoms with van der Waals surface area (Å²) < 4.78 is 3.31. The molecule has 0 spiro atoms. The maximum absolute atomic E-state index is 4.83. The standard InChI is InChI=1S/C17H20BrN2/c1-13-16(18)17(15-10-6-3-7-11-15)19-20(13)12-14-8-4-2-5-9-14/h2-3,6-7,10-11,14H,4-5,8-9,12H2,1H3. The minimum atomic E-state index is 0.772. The highest BCUT2D eigenvalue weighted by Crippen LogP contribution is 2.31. The van der Waals surface area contributed by atoms with Crippen LogP contribution >= 0.6 is 15.9 Å². The summed E-state index contributed by atoms with van der Waals surface area (Å²) in [5.41, 5.74) is 3.47. The Morgan fingerprint density at radius 1 is 1.20 bits per heavy atom. The molecule has 1 aliphatic rings. The lowest BCUT2D eigenvalue weighted by Crippen LogP contribution is -2.16. The molecule has 0 atom stereocenters. The molecule has 1 fully saturated rings. The molecule has 20 heavy (non-hydrogen) atoms. The molecule has 1 heterocycles. The van der Waals surface area contributed by atoms with Crippen molar-refractivity contribution in [2.45, 2.75) is 39.2 Å². The Labute approximate surface area is 129 Å². The first-order chi connectivity index (χ1) is 9.75. The maximum atomic E-state index is 4.83. The van der Waals surface area contributed by atoms with E-state index in [-0.39, 0.29) is 0 Å². The van der Waals surface area contributed by atoms with E-state index in [9.17, 15) is 0 Å². The number of hydrogen-bond donors (Lipinski definition) is 0. The van der Waals surface area contributed by atoms with Gasteiger partial charge in [-0.25, -0.2) is 0 Å². The fourth-order valence-electron chi connectivity index (χ4n) is 2.91. The number of nitrogens with zero attached hydrogens (tertiary/aromatic N) is 2. The Morgan fingerprint density at radius 2 is 1.90 bits per heavy atom. The van der Waals surface area contributed by atoms with Gasteiger partial charge in [-0.3, -0.25) is 4.68 Å². The molecule has 3 heteroatoms. The Hall–Kier alpha value is -1.09. The highest BCUT2D eigenvalue weighted by Gasteiger charge is 2.18. The molecule has 0 aliphatic heterocycles. The van der Waals surface area contributed by atoms with Gasteiger partial charge in [0.1, 0.15) is 5.69 Å². The average molecular weight is 332 g/mol. The molecule has 0 N–H and O–H groups in total. The fraction of sp³-hybridized carbons (Fsp3) is 0.412. The van der Waals surface area contributed by atoms with Crippen molar-refractivity contribution in [2.75, 3.05) is 0 Å². The van der Waals surface area contributed by atoms with Crippen LogP contribution in [0.5, 0.6) is 0 Å². The van der Waals surface area contributed by atoms with E-state index in [1.165, 1.54) is 36.9 Å². The molecule has 105 valence electrons. The Morgan fingerprint density at radius 3 is 2.60 bits per heavy atom. The van der Waals surface area contributed by atoms with Crippen LogP contribution in [0.25, 0.3) is 11.3 Å². The summed E-state index contributed by atoms with van der Waals surface area (Å²) in [7, 11) is 0. The number of hydrogen-bond acceptors (Lipinski definition) is 1. The van der Waals surface area contributed by atoms with Gasteiger partial charge >= 0.3 is 0 Å². The van der Waals surface area contributed by atoms with E-state index in [0.717, 1.165) is 22.6 Å². The van der Waals surface area contributed by atoms with Crippen LogP contribution in [0, 0.1) is 19.3 Å². The minimum Gasteiger partial charge on any atom is -0.268 e. The molecule has 2 nitrogen and oxygen atoms in total. The predicted octanol–water partition coefficient (Wildman–Crippen LogP) is 5.02. The third kappa shape index (κ3) is 2.83. The van der Waals surface area contributed by atoms with Gasteiger partial charge in [0, 0.05) is 12.1 Å². The smallest absolute Gasteiger partial charge is 0.107 e. The zero-order valence-corrected chi connectivity index (χ0v) is 13.4. The van der Waals surface area contributed by atoms with E-state index in [2.05, 4.69) is 58.2 Å². The normalized spacial score (nSPS) is 16.5. The summed E-state index contributed by atoms with van der Waals surface area (Å²) in [5, 5.41) is 4.83. The maximum Gasteiger partial charge on any atom is 0.107 e. The third-order valence-electron chi connectivity index (χ3n) is 4.17. The Bertz CT molecular complexity index is 568. The number of benzene rings is 1. The van der Waals surface area contributed by atoms with Crippen LogP contribution in [0.15, 0.2) is 34.8 Å². The van der Waals surface area contributed by atoms with Crippen molar-refractivity contribution >= 4 is 15.9 Å². The lowest BCUT2D eigenvalue weighted by Gasteiger charge is -2.21. The van der Waals surface area contributed by atoms with Gasteiger partial charge in [0.15, 0.2) is 0 Å². The molecule has 1 saturated carbocycles. The minimum absolute atomic E-state index is 0.772. The van der Waals surface area contributed by atoms with Gasteiger partial charge in [0.2, 0.25) is 0 Å². The molecule has 2 aromatic rings. The van der Waals surface area contributed by atoms with Crippen molar-refractivity contribution in [1.29, 1.82) is 0 Å². The molecule has 0 unspecified atom stereocenters. The lowest BCUT2D eigenvalue weighted by atomic mass is 9.89. The van der Waals surface area contributed by atoms with Gasteiger partial charge < -0.3 is 0 Å². The zero-order chi connectivity index (χ0) is 13.9. The quantitative estimate of drug-likeness (QED) is 0.772. The second kappa shape index (κ2) is 6.13. The zero-order valence-electron chi connectivity index (χ0n) is 11.8. The van der Waals surface area contributed by atoms with E-state index in [0.29, 0.717) is 0 Å². The SMILES string of the molecule is Cc1c(Br)c(-c2ccccc2)nn1CC1CC[CH]CC1. The molecular weight excluding hydrogens is 312 g/mol. The summed E-state index contributed by atoms with van der Waals surface area (Å²) in [6, 6.07) is 10.4. The van der Waals surface area contributed by atoms with Crippen LogP contribution in [0.4, 0.5) is 0 Å². The van der Waals surface area contributed by atoms with Crippen LogP contribution in [-0.4, -0.2) is 9.78 Å². The monoisotopic (exact) mass is 331 g/mol. The molecule has 1 aliphatic carbocycles. The van der Waals surface area contributed by atoms with E-state index in [1.807, 2.05) is 6.07 Å². The Balaban J connectivity index is 1.85. The van der Waals surface area contributed by atoms with Gasteiger partial charge in [-0.2, -0.15) is 5.10 Å². The molecule has 1 aromatic carbocycles. The van der Waals surface area contributed by atoms with Crippen LogP contribution in [0.2, 0.25) is 0 Å². The average Bonchev–Trinajstić information content (AvgIpc) is 2.78. The molecular formula is C17H20BrN2. The lowest BCUT2D eigenvalue weighted by molar-refractivity contribution is 0.337. The first-order valence-corrected chi connectivity index (χ1v) is 8.15. The number of aromatic nitrogens is 2. The van der Waals surface area contributed by atoms with Crippen LogP contribution in [-0.2, 0) is 6.54 Å². The van der Waals surface area contributed by atoms with E-state index in [1.54, 1.807) is 0 Å². The summed E-state index contributed by atoms with van der Waals surface area (Å²) >= 11 is 3.71. The van der Waals surface area contributed by atoms with Crippen molar-refractivity contribution in [3.63, 3.8) is 0 Å². The first kappa shape index (κ1) is 13.9. The van der Waals surface area contributed by atoms with E-state index < -0.39 is 0 Å². The summed E-state index contributed by atoms with van der Waals surface area (Å²) in [6.45, 7) is 3.20. The third-order valence-corrected chi connectivity index (χ3v) is 5.12. The molecule has 1 radical (unpaired) electrons. The Kier molecular flexibility index (Phi) is 4.25. The van der Waals surface area contributed by atoms with Crippen LogP contribution in [0.1, 0.15) is 31.4 Å². The highest BCUT2D eigenvalue weighted by molar-refractivity contribution is 9.10. The largest absolute Gasteiger partial charge is 0.268 e. The molecule has 0 bridgehead atoms. The number of halogens is 1. The van der Waals surface area contributed by atoms with E-state index in [4.69, 9.17) is 5.10 Å². The van der Waals surface area contributed by atoms with Crippen LogP contribution in [0.3, 0.4) is 0 Å². The summed E-state index contributed by atoms with van der Waals surface area (Å²) in [4.78, 5) is 0. The second-order valence-corrected chi connectivity index (χ2v) is 6.40. The molecule has 3 rings (SSSR count). The second-order valence-electron chi connectivity index (χ2n) is 5.61. The first-order valence-electron chi connectivity index (χ1n) is 7.35. The van der Waals surface area contributed by atoms with Gasteiger partial charge in [0.25, 0.3) is 0 Å². The van der Waals surface area contributed by atoms with Gasteiger partial charge in [-0.15, -0.1) is 0 Å². The van der Waals surface area contributed by atoms with Gasteiger partial charge in [-0.1, -0.05) is 30.3 Å². The molecule has 0 amide bonds. The molecule has 1 aromatic heterocycles. The highest BCUT2D eigenvalue weighted by atomic mass is 79.9. The topological polar surface area (TPSA) is 17.8 Å². The summed E-state index contributed by atoms with van der Waals surface area (Å²) in [6.07, 6.45) is 7.54. The van der Waals surface area contributed by atoms with Gasteiger partial charge in [-0.05, 0) is 60.9 Å².